The van der Waals surface area contributed by atoms with E-state index in [1.807, 2.05) is 0 Å². The molecule has 0 unspecified atom stereocenters. The van der Waals surface area contributed by atoms with Crippen molar-refractivity contribution in [2.45, 2.75) is 23.5 Å². The van der Waals surface area contributed by atoms with Crippen LogP contribution in [0.1, 0.15) is 12.0 Å². The molecule has 76 valence electrons. The Bertz CT molecular complexity index is 302. The molecule has 4 heteroatoms. The van der Waals surface area contributed by atoms with Crippen LogP contribution < -0.4 is 0 Å². The smallest absolute Gasteiger partial charge is 0.288 e. The van der Waals surface area contributed by atoms with Gasteiger partial charge in [0, 0.05) is 11.3 Å². The molecule has 1 aromatic carbocycles. The van der Waals surface area contributed by atoms with Gasteiger partial charge in [0.15, 0.2) is 0 Å². The van der Waals surface area contributed by atoms with Crippen LogP contribution in [0.4, 0.5) is 8.78 Å². The number of carbonyl (C=O) groups is 1. The van der Waals surface area contributed by atoms with Crippen LogP contribution in [0.15, 0.2) is 29.2 Å². The zero-order valence-electron chi connectivity index (χ0n) is 7.45. The van der Waals surface area contributed by atoms with Gasteiger partial charge in [0.1, 0.15) is 6.29 Å². The molecule has 0 radical (unpaired) electrons. The third-order valence-electron chi connectivity index (χ3n) is 1.72. The van der Waals surface area contributed by atoms with Crippen molar-refractivity contribution in [2.75, 3.05) is 0 Å². The van der Waals surface area contributed by atoms with Crippen molar-refractivity contribution in [1.29, 1.82) is 0 Å². The minimum absolute atomic E-state index is 0.376. The molecule has 1 rings (SSSR count). The van der Waals surface area contributed by atoms with Gasteiger partial charge >= 0.3 is 0 Å². The van der Waals surface area contributed by atoms with Crippen molar-refractivity contribution < 1.29 is 13.6 Å². The number of alkyl halides is 2. The maximum absolute atomic E-state index is 12.1. The molecule has 1 nitrogen and oxygen atoms in total. The van der Waals surface area contributed by atoms with Crippen LogP contribution in [0.25, 0.3) is 0 Å². The van der Waals surface area contributed by atoms with Crippen LogP contribution in [-0.4, -0.2) is 12.0 Å². The number of hydrogen-bond donors (Lipinski definition) is 0. The van der Waals surface area contributed by atoms with Gasteiger partial charge < -0.3 is 4.79 Å². The summed E-state index contributed by atoms with van der Waals surface area (Å²) in [6.45, 7) is 0. The molecule has 0 atom stereocenters. The van der Waals surface area contributed by atoms with E-state index < -0.39 is 5.76 Å². The van der Waals surface area contributed by atoms with E-state index in [-0.39, 0.29) is 0 Å². The second-order valence-electron chi connectivity index (χ2n) is 2.69. The van der Waals surface area contributed by atoms with Gasteiger partial charge in [0.05, 0.1) is 0 Å². The number of benzene rings is 1. The topological polar surface area (TPSA) is 17.1 Å². The van der Waals surface area contributed by atoms with Crippen molar-refractivity contribution in [2.24, 2.45) is 0 Å². The molecule has 14 heavy (non-hydrogen) atoms. The van der Waals surface area contributed by atoms with Crippen LogP contribution >= 0.6 is 11.8 Å². The summed E-state index contributed by atoms with van der Waals surface area (Å²) in [4.78, 5) is 10.7. The molecule has 0 bridgehead atoms. The molecular weight excluding hydrogens is 206 g/mol. The molecule has 1 aromatic rings. The SMILES string of the molecule is O=CCCc1ccccc1SC(F)F. The first-order valence-electron chi connectivity index (χ1n) is 4.20. The lowest BCUT2D eigenvalue weighted by Crippen LogP contribution is -1.91. The average Bonchev–Trinajstić information content (AvgIpc) is 2.16. The zero-order valence-corrected chi connectivity index (χ0v) is 8.27. The Labute approximate surface area is 85.5 Å². The summed E-state index contributed by atoms with van der Waals surface area (Å²) in [5, 5.41) is 0. The maximum atomic E-state index is 12.1. The zero-order chi connectivity index (χ0) is 10.4. The highest BCUT2D eigenvalue weighted by atomic mass is 32.2. The second kappa shape index (κ2) is 5.75. The molecule has 0 heterocycles. The van der Waals surface area contributed by atoms with E-state index in [2.05, 4.69) is 0 Å². The molecule has 0 spiro atoms. The van der Waals surface area contributed by atoms with E-state index in [0.29, 0.717) is 29.5 Å². The molecular formula is C10H10F2OS. The summed E-state index contributed by atoms with van der Waals surface area (Å²) in [6.07, 6.45) is 1.70. The first-order valence-corrected chi connectivity index (χ1v) is 5.08. The summed E-state index contributed by atoms with van der Waals surface area (Å²) in [5.41, 5.74) is 0.810. The Hall–Kier alpha value is -0.900. The Morgan fingerprint density at radius 3 is 2.71 bits per heavy atom. The van der Waals surface area contributed by atoms with Crippen molar-refractivity contribution in [3.63, 3.8) is 0 Å². The van der Waals surface area contributed by atoms with Gasteiger partial charge in [-0.3, -0.25) is 0 Å². The monoisotopic (exact) mass is 216 g/mol. The second-order valence-corrected chi connectivity index (χ2v) is 3.72. The van der Waals surface area contributed by atoms with Crippen molar-refractivity contribution in [3.8, 4) is 0 Å². The number of thioether (sulfide) groups is 1. The van der Waals surface area contributed by atoms with Crippen molar-refractivity contribution in [3.05, 3.63) is 29.8 Å². The molecule has 0 N–H and O–H groups in total. The quantitative estimate of drug-likeness (QED) is 0.555. The standard InChI is InChI=1S/C10H10F2OS/c11-10(12)14-9-6-2-1-4-8(9)5-3-7-13/h1-2,4,6-7,10H,3,5H2. The van der Waals surface area contributed by atoms with E-state index in [1.165, 1.54) is 0 Å². The minimum atomic E-state index is -2.41. The molecule has 0 aliphatic carbocycles. The fourth-order valence-electron chi connectivity index (χ4n) is 1.14. The molecule has 0 aliphatic rings. The Morgan fingerprint density at radius 1 is 1.36 bits per heavy atom. The van der Waals surface area contributed by atoms with Gasteiger partial charge in [-0.05, 0) is 18.1 Å². The summed E-state index contributed by atoms with van der Waals surface area (Å²) < 4.78 is 24.2. The van der Waals surface area contributed by atoms with Crippen LogP contribution in [0, 0.1) is 0 Å². The van der Waals surface area contributed by atoms with Gasteiger partial charge in [-0.25, -0.2) is 0 Å². The fourth-order valence-corrected chi connectivity index (χ4v) is 1.81. The first-order chi connectivity index (χ1) is 6.74. The molecule has 0 saturated heterocycles. The van der Waals surface area contributed by atoms with Crippen LogP contribution in [0.5, 0.6) is 0 Å². The minimum Gasteiger partial charge on any atom is -0.303 e. The van der Waals surface area contributed by atoms with Gasteiger partial charge in [0.25, 0.3) is 5.76 Å². The highest BCUT2D eigenvalue weighted by Gasteiger charge is 2.08. The number of aldehydes is 1. The Morgan fingerprint density at radius 2 is 2.07 bits per heavy atom. The van der Waals surface area contributed by atoms with E-state index in [0.717, 1.165) is 11.8 Å². The van der Waals surface area contributed by atoms with E-state index in [4.69, 9.17) is 0 Å². The third-order valence-corrected chi connectivity index (χ3v) is 2.55. The highest BCUT2D eigenvalue weighted by molar-refractivity contribution is 7.99. The lowest BCUT2D eigenvalue weighted by atomic mass is 10.1. The molecule has 0 saturated carbocycles. The summed E-state index contributed by atoms with van der Waals surface area (Å²) in [6, 6.07) is 6.93. The number of aryl methyl sites for hydroxylation is 1. The van der Waals surface area contributed by atoms with Gasteiger partial charge in [-0.2, -0.15) is 8.78 Å². The fraction of sp³-hybridized carbons (Fsp3) is 0.300. The highest BCUT2D eigenvalue weighted by Crippen LogP contribution is 2.28. The largest absolute Gasteiger partial charge is 0.303 e. The Balaban J connectivity index is 2.74. The normalized spacial score (nSPS) is 10.5. The third kappa shape index (κ3) is 3.46. The number of rotatable bonds is 5. The Kier molecular flexibility index (Phi) is 4.59. The van der Waals surface area contributed by atoms with E-state index in [9.17, 15) is 13.6 Å². The summed E-state index contributed by atoms with van der Waals surface area (Å²) in [7, 11) is 0. The predicted molar refractivity (Wildman–Crippen MR) is 52.7 cm³/mol. The summed E-state index contributed by atoms with van der Waals surface area (Å²) >= 11 is 0.526. The van der Waals surface area contributed by atoms with E-state index in [1.54, 1.807) is 24.3 Å². The van der Waals surface area contributed by atoms with Crippen LogP contribution in [-0.2, 0) is 11.2 Å². The first kappa shape index (κ1) is 11.2. The number of carbonyl (C=O) groups excluding carboxylic acids is 1. The van der Waals surface area contributed by atoms with Gasteiger partial charge in [-0.15, -0.1) is 0 Å². The molecule has 0 fully saturated rings. The molecule has 0 aliphatic heterocycles. The van der Waals surface area contributed by atoms with Crippen LogP contribution in [0.3, 0.4) is 0 Å². The predicted octanol–water partition coefficient (Wildman–Crippen LogP) is 3.13. The number of hydrogen-bond acceptors (Lipinski definition) is 2. The average molecular weight is 216 g/mol. The van der Waals surface area contributed by atoms with Gasteiger partial charge in [-0.1, -0.05) is 30.0 Å². The van der Waals surface area contributed by atoms with E-state index >= 15 is 0 Å². The van der Waals surface area contributed by atoms with Gasteiger partial charge in [0.2, 0.25) is 0 Å². The maximum Gasteiger partial charge on any atom is 0.288 e. The van der Waals surface area contributed by atoms with Crippen molar-refractivity contribution >= 4 is 18.0 Å². The molecule has 0 amide bonds. The summed E-state index contributed by atoms with van der Waals surface area (Å²) in [5.74, 6) is -2.41. The lowest BCUT2D eigenvalue weighted by molar-refractivity contribution is -0.107. The number of halogens is 2. The lowest BCUT2D eigenvalue weighted by Gasteiger charge is -2.06. The molecule has 0 aromatic heterocycles. The van der Waals surface area contributed by atoms with Crippen molar-refractivity contribution in [1.82, 2.24) is 0 Å². The van der Waals surface area contributed by atoms with Crippen LogP contribution in [0.2, 0.25) is 0 Å².